The Morgan fingerprint density at radius 1 is 1.26 bits per heavy atom. The maximum absolute atomic E-state index is 12.4. The van der Waals surface area contributed by atoms with Gasteiger partial charge in [0.25, 0.3) is 0 Å². The van der Waals surface area contributed by atoms with Crippen LogP contribution in [0.5, 0.6) is 0 Å². The molecule has 0 unspecified atom stereocenters. The van der Waals surface area contributed by atoms with Crippen molar-refractivity contribution in [3.05, 3.63) is 22.4 Å². The summed E-state index contributed by atoms with van der Waals surface area (Å²) in [7, 11) is 4.04. The molecule has 1 saturated heterocycles. The molecule has 0 bridgehead atoms. The fraction of sp³-hybridized carbons (Fsp3) is 0.625. The number of nitrogens with zero attached hydrogens (tertiary/aromatic N) is 3. The summed E-state index contributed by atoms with van der Waals surface area (Å²) in [6, 6.07) is 4.26. The number of urea groups is 1. The fourth-order valence-corrected chi connectivity index (χ4v) is 3.67. The summed E-state index contributed by atoms with van der Waals surface area (Å²) in [5.41, 5.74) is 0. The van der Waals surface area contributed by atoms with Gasteiger partial charge in [-0.2, -0.15) is 0 Å². The lowest BCUT2D eigenvalue weighted by molar-refractivity contribution is -0.128. The lowest BCUT2D eigenvalue weighted by Gasteiger charge is -2.26. The smallest absolute Gasteiger partial charge is 0.317 e. The molecule has 0 aromatic carbocycles. The van der Waals surface area contributed by atoms with Crippen LogP contribution in [0.3, 0.4) is 0 Å². The second kappa shape index (κ2) is 8.31. The predicted octanol–water partition coefficient (Wildman–Crippen LogP) is 1.61. The Bertz CT molecular complexity index is 518. The zero-order chi connectivity index (χ0) is 16.8. The first kappa shape index (κ1) is 17.7. The van der Waals surface area contributed by atoms with Crippen LogP contribution in [0.4, 0.5) is 4.79 Å². The van der Waals surface area contributed by atoms with Crippen molar-refractivity contribution in [1.29, 1.82) is 0 Å². The fourth-order valence-electron chi connectivity index (χ4n) is 2.75. The Morgan fingerprint density at radius 2 is 1.96 bits per heavy atom. The van der Waals surface area contributed by atoms with Crippen molar-refractivity contribution in [2.24, 2.45) is 0 Å². The third-order valence-electron chi connectivity index (χ3n) is 4.17. The van der Waals surface area contributed by atoms with Gasteiger partial charge in [-0.1, -0.05) is 6.07 Å². The number of hydrogen-bond acceptors (Lipinski definition) is 4. The van der Waals surface area contributed by atoms with Crippen molar-refractivity contribution < 1.29 is 9.59 Å². The van der Waals surface area contributed by atoms with Gasteiger partial charge in [0.05, 0.1) is 6.04 Å². The zero-order valence-corrected chi connectivity index (χ0v) is 14.9. The molecule has 7 heteroatoms. The van der Waals surface area contributed by atoms with E-state index in [-0.39, 0.29) is 18.0 Å². The molecule has 1 N–H and O–H groups in total. The molecule has 0 aliphatic carbocycles. The summed E-state index contributed by atoms with van der Waals surface area (Å²) in [4.78, 5) is 30.9. The molecule has 2 heterocycles. The molecule has 0 spiro atoms. The van der Waals surface area contributed by atoms with Gasteiger partial charge in [-0.3, -0.25) is 4.79 Å². The van der Waals surface area contributed by atoms with Gasteiger partial charge in [0.2, 0.25) is 5.91 Å². The van der Waals surface area contributed by atoms with E-state index in [0.29, 0.717) is 26.2 Å². The van der Waals surface area contributed by atoms with Crippen LogP contribution >= 0.6 is 11.3 Å². The molecule has 0 saturated carbocycles. The molecule has 6 nitrogen and oxygen atoms in total. The zero-order valence-electron chi connectivity index (χ0n) is 14.1. The lowest BCUT2D eigenvalue weighted by atomic mass is 10.2. The second-order valence-electron chi connectivity index (χ2n) is 6.03. The van der Waals surface area contributed by atoms with Crippen molar-refractivity contribution in [3.63, 3.8) is 0 Å². The molecule has 0 radical (unpaired) electrons. The SMILES string of the molecule is CC(=O)N1CCCN(C(=O)NC[C@H](c2cccs2)N(C)C)CC1. The maximum atomic E-state index is 12.4. The van der Waals surface area contributed by atoms with E-state index < -0.39 is 0 Å². The Labute approximate surface area is 142 Å². The molecule has 128 valence electrons. The first-order valence-electron chi connectivity index (χ1n) is 7.97. The highest BCUT2D eigenvalue weighted by Crippen LogP contribution is 2.22. The minimum atomic E-state index is -0.0428. The van der Waals surface area contributed by atoms with Crippen molar-refractivity contribution >= 4 is 23.3 Å². The van der Waals surface area contributed by atoms with Gasteiger partial charge in [-0.05, 0) is 32.0 Å². The van der Waals surface area contributed by atoms with Gasteiger partial charge in [-0.15, -0.1) is 11.3 Å². The Morgan fingerprint density at radius 3 is 2.57 bits per heavy atom. The molecule has 2 rings (SSSR count). The largest absolute Gasteiger partial charge is 0.341 e. The molecule has 1 aromatic rings. The number of nitrogens with one attached hydrogen (secondary N) is 1. The standard InChI is InChI=1S/C16H26N4O2S/c1-13(21)19-7-5-8-20(10-9-19)16(22)17-12-14(18(2)3)15-6-4-11-23-15/h4,6,11,14H,5,7-10,12H2,1-3H3,(H,17,22)/t14-/m1/s1. The summed E-state index contributed by atoms with van der Waals surface area (Å²) >= 11 is 1.70. The maximum Gasteiger partial charge on any atom is 0.317 e. The number of thiophene rings is 1. The van der Waals surface area contributed by atoms with E-state index >= 15 is 0 Å². The molecule has 1 atom stereocenters. The van der Waals surface area contributed by atoms with Crippen molar-refractivity contribution in [1.82, 2.24) is 20.0 Å². The summed E-state index contributed by atoms with van der Waals surface area (Å²) < 4.78 is 0. The molecule has 1 aliphatic rings. The highest BCUT2D eigenvalue weighted by Gasteiger charge is 2.22. The van der Waals surface area contributed by atoms with Crippen LogP contribution in [0.15, 0.2) is 17.5 Å². The van der Waals surface area contributed by atoms with Gasteiger partial charge >= 0.3 is 6.03 Å². The summed E-state index contributed by atoms with van der Waals surface area (Å²) in [5.74, 6) is 0.0811. The van der Waals surface area contributed by atoms with Crippen molar-refractivity contribution in [2.45, 2.75) is 19.4 Å². The van der Waals surface area contributed by atoms with E-state index in [2.05, 4.69) is 21.7 Å². The van der Waals surface area contributed by atoms with Crippen molar-refractivity contribution in [2.75, 3.05) is 46.8 Å². The monoisotopic (exact) mass is 338 g/mol. The van der Waals surface area contributed by atoms with Gasteiger partial charge in [0.15, 0.2) is 0 Å². The van der Waals surface area contributed by atoms with Gasteiger partial charge in [0.1, 0.15) is 0 Å². The molecule has 23 heavy (non-hydrogen) atoms. The number of amides is 3. The molecular weight excluding hydrogens is 312 g/mol. The average Bonchev–Trinajstić information content (AvgIpc) is 2.89. The van der Waals surface area contributed by atoms with E-state index in [9.17, 15) is 9.59 Å². The lowest BCUT2D eigenvalue weighted by Crippen LogP contribution is -2.44. The number of likely N-dealkylation sites (N-methyl/N-ethyl adjacent to an activating group) is 1. The number of carbonyl (C=O) groups excluding carboxylic acids is 2. The van der Waals surface area contributed by atoms with Crippen LogP contribution in [-0.2, 0) is 4.79 Å². The van der Waals surface area contributed by atoms with Crippen LogP contribution in [0.25, 0.3) is 0 Å². The third-order valence-corrected chi connectivity index (χ3v) is 5.14. The molecule has 1 aromatic heterocycles. The molecular formula is C16H26N4O2S. The van der Waals surface area contributed by atoms with Crippen molar-refractivity contribution in [3.8, 4) is 0 Å². The van der Waals surface area contributed by atoms with E-state index in [0.717, 1.165) is 13.0 Å². The number of hydrogen-bond donors (Lipinski definition) is 1. The quantitative estimate of drug-likeness (QED) is 0.907. The minimum absolute atomic E-state index is 0.0428. The van der Waals surface area contributed by atoms with Gasteiger partial charge < -0.3 is 20.0 Å². The Kier molecular flexibility index (Phi) is 6.41. The van der Waals surface area contributed by atoms with Crippen LogP contribution in [0, 0.1) is 0 Å². The summed E-state index contributed by atoms with van der Waals surface area (Å²) in [5, 5.41) is 5.10. The Hall–Kier alpha value is -1.60. The van der Waals surface area contributed by atoms with Crippen LogP contribution < -0.4 is 5.32 Å². The predicted molar refractivity (Wildman–Crippen MR) is 92.6 cm³/mol. The van der Waals surface area contributed by atoms with E-state index in [1.54, 1.807) is 18.3 Å². The highest BCUT2D eigenvalue weighted by atomic mass is 32.1. The second-order valence-corrected chi connectivity index (χ2v) is 7.01. The van der Waals surface area contributed by atoms with E-state index in [1.807, 2.05) is 30.0 Å². The minimum Gasteiger partial charge on any atom is -0.341 e. The Balaban J connectivity index is 1.87. The highest BCUT2D eigenvalue weighted by molar-refractivity contribution is 7.10. The summed E-state index contributed by atoms with van der Waals surface area (Å²) in [6.07, 6.45) is 0.828. The van der Waals surface area contributed by atoms with Crippen LogP contribution in [0.1, 0.15) is 24.3 Å². The first-order valence-corrected chi connectivity index (χ1v) is 8.85. The third kappa shape index (κ3) is 4.94. The summed E-state index contributed by atoms with van der Waals surface area (Å²) in [6.45, 7) is 4.80. The first-order chi connectivity index (χ1) is 11.0. The van der Waals surface area contributed by atoms with Gasteiger partial charge in [0, 0.05) is 44.5 Å². The average molecular weight is 338 g/mol. The topological polar surface area (TPSA) is 55.9 Å². The van der Waals surface area contributed by atoms with E-state index in [1.165, 1.54) is 4.88 Å². The number of carbonyl (C=O) groups is 2. The molecule has 3 amide bonds. The van der Waals surface area contributed by atoms with Gasteiger partial charge in [-0.25, -0.2) is 4.79 Å². The number of rotatable bonds is 4. The van der Waals surface area contributed by atoms with Crippen LogP contribution in [-0.4, -0.2) is 73.5 Å². The van der Waals surface area contributed by atoms with Crippen LogP contribution in [0.2, 0.25) is 0 Å². The van der Waals surface area contributed by atoms with E-state index in [4.69, 9.17) is 0 Å². The molecule has 1 fully saturated rings. The molecule has 1 aliphatic heterocycles. The normalized spacial score (nSPS) is 17.0.